The summed E-state index contributed by atoms with van der Waals surface area (Å²) in [4.78, 5) is 4.68. The first-order chi connectivity index (χ1) is 7.69. The van der Waals surface area contributed by atoms with E-state index in [0.717, 1.165) is 22.0 Å². The highest BCUT2D eigenvalue weighted by molar-refractivity contribution is 9.10. The minimum absolute atomic E-state index is 0.349. The summed E-state index contributed by atoms with van der Waals surface area (Å²) < 4.78 is 11.4. The number of nitrogens with two attached hydrogens (primary N) is 1. The fourth-order valence-electron chi connectivity index (χ4n) is 1.64. The molecule has 0 aliphatic carbocycles. The molecule has 0 atom stereocenters. The van der Waals surface area contributed by atoms with E-state index in [-0.39, 0.29) is 0 Å². The van der Waals surface area contributed by atoms with Crippen molar-refractivity contribution in [3.05, 3.63) is 21.7 Å². The highest BCUT2D eigenvalue weighted by atomic mass is 79.9. The summed E-state index contributed by atoms with van der Waals surface area (Å²) >= 11 is 3.51. The molecule has 0 radical (unpaired) electrons. The predicted octanol–water partition coefficient (Wildman–Crippen LogP) is 2.42. The van der Waals surface area contributed by atoms with Crippen LogP contribution in [0.5, 0.6) is 11.5 Å². The molecule has 1 rings (SSSR count). The van der Waals surface area contributed by atoms with Crippen molar-refractivity contribution in [1.29, 1.82) is 0 Å². The van der Waals surface area contributed by atoms with Crippen LogP contribution in [-0.4, -0.2) is 14.2 Å². The van der Waals surface area contributed by atoms with E-state index in [9.17, 15) is 0 Å². The van der Waals surface area contributed by atoms with Crippen LogP contribution < -0.4 is 15.4 Å². The molecule has 0 spiro atoms. The molecule has 0 unspecified atom stereocenters. The van der Waals surface area contributed by atoms with Gasteiger partial charge in [0.05, 0.1) is 25.3 Å². The number of rotatable bonds is 5. The second kappa shape index (κ2) is 6.08. The third kappa shape index (κ3) is 2.48. The average molecular weight is 290 g/mol. The minimum Gasteiger partial charge on any atom is -0.493 e. The molecule has 90 valence electrons. The highest BCUT2D eigenvalue weighted by Gasteiger charge is 2.16. The van der Waals surface area contributed by atoms with Gasteiger partial charge < -0.3 is 9.47 Å². The van der Waals surface area contributed by atoms with Crippen LogP contribution in [0.2, 0.25) is 0 Å². The zero-order valence-corrected chi connectivity index (χ0v) is 11.3. The van der Waals surface area contributed by atoms with Crippen molar-refractivity contribution in [2.45, 2.75) is 20.0 Å². The molecule has 0 saturated heterocycles. The zero-order valence-electron chi connectivity index (χ0n) is 9.67. The lowest BCUT2D eigenvalue weighted by molar-refractivity contribution is 0.123. The Morgan fingerprint density at radius 1 is 1.31 bits per heavy atom. The maximum atomic E-state index is 5.30. The lowest BCUT2D eigenvalue weighted by Gasteiger charge is -2.16. The smallest absolute Gasteiger partial charge is 0.175 e. The summed E-state index contributed by atoms with van der Waals surface area (Å²) in [6.07, 6.45) is 0.861. The molecule has 0 amide bonds. The standard InChI is InChI=1S/C11H16BrNO3/c1-4-8-7(6-16-13)5-9(14-2)11(15-3)10(8)12/h5H,4,6,13H2,1-3H3. The molecule has 0 saturated carbocycles. The number of hydrogen-bond donors (Lipinski definition) is 1. The van der Waals surface area contributed by atoms with Crippen LogP contribution in [0.4, 0.5) is 0 Å². The Morgan fingerprint density at radius 3 is 2.44 bits per heavy atom. The lowest BCUT2D eigenvalue weighted by atomic mass is 10.0. The molecule has 4 nitrogen and oxygen atoms in total. The van der Waals surface area contributed by atoms with Crippen LogP contribution in [0, 0.1) is 0 Å². The van der Waals surface area contributed by atoms with Crippen LogP contribution >= 0.6 is 15.9 Å². The van der Waals surface area contributed by atoms with Crippen molar-refractivity contribution in [2.75, 3.05) is 14.2 Å². The molecule has 16 heavy (non-hydrogen) atoms. The second-order valence-electron chi connectivity index (χ2n) is 3.23. The third-order valence-electron chi connectivity index (χ3n) is 2.40. The van der Waals surface area contributed by atoms with Crippen LogP contribution in [0.25, 0.3) is 0 Å². The van der Waals surface area contributed by atoms with Gasteiger partial charge in [-0.15, -0.1) is 0 Å². The summed E-state index contributed by atoms with van der Waals surface area (Å²) in [7, 11) is 3.21. The van der Waals surface area contributed by atoms with Crippen LogP contribution in [0.15, 0.2) is 10.5 Å². The topological polar surface area (TPSA) is 53.7 Å². The first-order valence-electron chi connectivity index (χ1n) is 4.93. The van der Waals surface area contributed by atoms with Gasteiger partial charge in [-0.05, 0) is 39.5 Å². The van der Waals surface area contributed by atoms with Gasteiger partial charge in [0.1, 0.15) is 0 Å². The molecule has 0 aliphatic rings. The first kappa shape index (κ1) is 13.3. The third-order valence-corrected chi connectivity index (χ3v) is 3.24. The Balaban J connectivity index is 3.35. The predicted molar refractivity (Wildman–Crippen MR) is 65.6 cm³/mol. The normalized spacial score (nSPS) is 10.3. The Morgan fingerprint density at radius 2 is 2.00 bits per heavy atom. The van der Waals surface area contributed by atoms with Crippen molar-refractivity contribution in [2.24, 2.45) is 5.90 Å². The fraction of sp³-hybridized carbons (Fsp3) is 0.455. The van der Waals surface area contributed by atoms with Crippen LogP contribution in [0.3, 0.4) is 0 Å². The van der Waals surface area contributed by atoms with Gasteiger partial charge in [-0.1, -0.05) is 6.92 Å². The monoisotopic (exact) mass is 289 g/mol. The molecular weight excluding hydrogens is 274 g/mol. The highest BCUT2D eigenvalue weighted by Crippen LogP contribution is 2.40. The summed E-state index contributed by atoms with van der Waals surface area (Å²) in [5.41, 5.74) is 2.11. The molecule has 2 N–H and O–H groups in total. The van der Waals surface area contributed by atoms with E-state index >= 15 is 0 Å². The Bertz CT molecular complexity index is 369. The molecule has 0 fully saturated rings. The van der Waals surface area contributed by atoms with Gasteiger partial charge in [-0.2, -0.15) is 0 Å². The molecule has 1 aromatic carbocycles. The quantitative estimate of drug-likeness (QED) is 0.846. The molecule has 0 heterocycles. The zero-order chi connectivity index (χ0) is 12.1. The number of ether oxygens (including phenoxy) is 2. The van der Waals surface area contributed by atoms with Gasteiger partial charge in [-0.25, -0.2) is 5.90 Å². The van der Waals surface area contributed by atoms with Gasteiger partial charge in [0, 0.05) is 0 Å². The van der Waals surface area contributed by atoms with E-state index in [0.29, 0.717) is 18.1 Å². The van der Waals surface area contributed by atoms with E-state index in [1.54, 1.807) is 14.2 Å². The van der Waals surface area contributed by atoms with Crippen molar-refractivity contribution in [3.63, 3.8) is 0 Å². The van der Waals surface area contributed by atoms with Gasteiger partial charge >= 0.3 is 0 Å². The summed E-state index contributed by atoms with van der Waals surface area (Å²) in [5, 5.41) is 0. The molecule has 5 heteroatoms. The summed E-state index contributed by atoms with van der Waals surface area (Å²) in [5.74, 6) is 6.47. The summed E-state index contributed by atoms with van der Waals surface area (Å²) in [6.45, 7) is 2.41. The van der Waals surface area contributed by atoms with E-state index in [1.807, 2.05) is 6.07 Å². The van der Waals surface area contributed by atoms with E-state index in [4.69, 9.17) is 15.4 Å². The SMILES string of the molecule is CCc1c(CON)cc(OC)c(OC)c1Br. The first-order valence-corrected chi connectivity index (χ1v) is 5.72. The maximum Gasteiger partial charge on any atom is 0.175 e. The minimum atomic E-state index is 0.349. The Kier molecular flexibility index (Phi) is 5.05. The van der Waals surface area contributed by atoms with Crippen LogP contribution in [0.1, 0.15) is 18.1 Å². The Hall–Kier alpha value is -0.780. The lowest BCUT2D eigenvalue weighted by Crippen LogP contribution is -2.05. The number of benzene rings is 1. The maximum absolute atomic E-state index is 5.30. The molecule has 0 aliphatic heterocycles. The molecule has 0 bridgehead atoms. The molecular formula is C11H16BrNO3. The van der Waals surface area contributed by atoms with Crippen molar-refractivity contribution < 1.29 is 14.3 Å². The average Bonchev–Trinajstić information content (AvgIpc) is 2.29. The fourth-order valence-corrected chi connectivity index (χ4v) is 2.53. The number of methoxy groups -OCH3 is 2. The molecule has 1 aromatic rings. The number of hydrogen-bond acceptors (Lipinski definition) is 4. The summed E-state index contributed by atoms with van der Waals surface area (Å²) in [6, 6.07) is 1.88. The van der Waals surface area contributed by atoms with Gasteiger partial charge in [0.2, 0.25) is 0 Å². The van der Waals surface area contributed by atoms with Crippen molar-refractivity contribution in [1.82, 2.24) is 0 Å². The molecule has 0 aromatic heterocycles. The largest absolute Gasteiger partial charge is 0.493 e. The van der Waals surface area contributed by atoms with Gasteiger partial charge in [0.15, 0.2) is 11.5 Å². The van der Waals surface area contributed by atoms with Crippen molar-refractivity contribution in [3.8, 4) is 11.5 Å². The van der Waals surface area contributed by atoms with Crippen molar-refractivity contribution >= 4 is 15.9 Å². The second-order valence-corrected chi connectivity index (χ2v) is 4.02. The van der Waals surface area contributed by atoms with Crippen LogP contribution in [-0.2, 0) is 17.9 Å². The van der Waals surface area contributed by atoms with E-state index in [2.05, 4.69) is 27.7 Å². The number of halogens is 1. The van der Waals surface area contributed by atoms with E-state index < -0.39 is 0 Å². The Labute approximate surface area is 104 Å². The van der Waals surface area contributed by atoms with Gasteiger partial charge in [0.25, 0.3) is 0 Å². The van der Waals surface area contributed by atoms with Gasteiger partial charge in [-0.3, -0.25) is 4.84 Å². The van der Waals surface area contributed by atoms with E-state index in [1.165, 1.54) is 0 Å².